The average molecular weight is 252 g/mol. The summed E-state index contributed by atoms with van der Waals surface area (Å²) in [5.41, 5.74) is 8.34. The summed E-state index contributed by atoms with van der Waals surface area (Å²) in [6.45, 7) is 2.94. The monoisotopic (exact) mass is 252 g/mol. The van der Waals surface area contributed by atoms with Gasteiger partial charge in [0.25, 0.3) is 0 Å². The van der Waals surface area contributed by atoms with Crippen molar-refractivity contribution < 1.29 is 0 Å². The Kier molecular flexibility index (Phi) is 3.01. The van der Waals surface area contributed by atoms with Gasteiger partial charge in [-0.1, -0.05) is 24.3 Å². The van der Waals surface area contributed by atoms with Crippen molar-refractivity contribution in [2.24, 2.45) is 5.73 Å². The Bertz CT molecular complexity index is 697. The standard InChI is InChI=1S/C15H16N4/c1-2-19-10-9-18-15(19)13(16)12-7-3-5-11-6-4-8-17-14(11)12/h3-10,13H,2,16H2,1H3. The molecule has 96 valence electrons. The molecule has 4 nitrogen and oxygen atoms in total. The number of aryl methyl sites for hydroxylation is 1. The Morgan fingerprint density at radius 3 is 2.84 bits per heavy atom. The fourth-order valence-electron chi connectivity index (χ4n) is 2.38. The molecule has 1 aromatic carbocycles. The van der Waals surface area contributed by atoms with Crippen LogP contribution in [-0.2, 0) is 6.54 Å². The number of imidazole rings is 1. The molecule has 2 heterocycles. The molecule has 0 fully saturated rings. The SMILES string of the molecule is CCn1ccnc1C(N)c1cccc2cccnc12. The zero-order valence-electron chi connectivity index (χ0n) is 10.8. The molecule has 4 heteroatoms. The number of nitrogens with two attached hydrogens (primary N) is 1. The molecule has 19 heavy (non-hydrogen) atoms. The summed E-state index contributed by atoms with van der Waals surface area (Å²) in [5.74, 6) is 0.876. The van der Waals surface area contributed by atoms with Crippen LogP contribution < -0.4 is 5.73 Å². The van der Waals surface area contributed by atoms with Gasteiger partial charge < -0.3 is 10.3 Å². The minimum atomic E-state index is -0.256. The third kappa shape index (κ3) is 2.00. The second kappa shape index (κ2) is 4.82. The predicted octanol–water partition coefficient (Wildman–Crippen LogP) is 2.50. The van der Waals surface area contributed by atoms with Crippen LogP contribution in [-0.4, -0.2) is 14.5 Å². The van der Waals surface area contributed by atoms with Crippen molar-refractivity contribution >= 4 is 10.9 Å². The van der Waals surface area contributed by atoms with Crippen molar-refractivity contribution in [3.05, 3.63) is 60.3 Å². The van der Waals surface area contributed by atoms with Crippen molar-refractivity contribution in [1.29, 1.82) is 0 Å². The van der Waals surface area contributed by atoms with Gasteiger partial charge in [0, 0.05) is 36.1 Å². The molecule has 3 rings (SSSR count). The molecule has 3 aromatic rings. The Morgan fingerprint density at radius 2 is 2.00 bits per heavy atom. The molecule has 0 aliphatic heterocycles. The summed E-state index contributed by atoms with van der Waals surface area (Å²) in [6.07, 6.45) is 5.54. The lowest BCUT2D eigenvalue weighted by Gasteiger charge is -2.15. The van der Waals surface area contributed by atoms with Gasteiger partial charge in [0.1, 0.15) is 5.82 Å². The van der Waals surface area contributed by atoms with Gasteiger partial charge >= 0.3 is 0 Å². The van der Waals surface area contributed by atoms with Gasteiger partial charge in [-0.2, -0.15) is 0 Å². The number of nitrogens with zero attached hydrogens (tertiary/aromatic N) is 3. The van der Waals surface area contributed by atoms with E-state index in [1.54, 1.807) is 12.4 Å². The summed E-state index contributed by atoms with van der Waals surface area (Å²) in [5, 5.41) is 1.10. The van der Waals surface area contributed by atoms with Gasteiger partial charge in [-0.3, -0.25) is 4.98 Å². The molecule has 0 bridgehead atoms. The molecular weight excluding hydrogens is 236 g/mol. The maximum absolute atomic E-state index is 6.38. The van der Waals surface area contributed by atoms with Crippen LogP contribution in [0.1, 0.15) is 24.4 Å². The third-order valence-electron chi connectivity index (χ3n) is 3.37. The minimum Gasteiger partial charge on any atom is -0.334 e. The lowest BCUT2D eigenvalue weighted by Crippen LogP contribution is -2.18. The fraction of sp³-hybridized carbons (Fsp3) is 0.200. The van der Waals surface area contributed by atoms with E-state index in [0.29, 0.717) is 0 Å². The third-order valence-corrected chi connectivity index (χ3v) is 3.37. The largest absolute Gasteiger partial charge is 0.334 e. The van der Waals surface area contributed by atoms with E-state index in [2.05, 4.69) is 21.5 Å². The van der Waals surface area contributed by atoms with E-state index in [1.165, 1.54) is 0 Å². The van der Waals surface area contributed by atoms with Gasteiger partial charge in [-0.25, -0.2) is 4.98 Å². The number of pyridine rings is 1. The zero-order valence-corrected chi connectivity index (χ0v) is 10.8. The lowest BCUT2D eigenvalue weighted by atomic mass is 10.0. The molecular formula is C15H16N4. The van der Waals surface area contributed by atoms with Crippen LogP contribution in [0.2, 0.25) is 0 Å². The first kappa shape index (κ1) is 11.9. The van der Waals surface area contributed by atoms with E-state index in [-0.39, 0.29) is 6.04 Å². The number of rotatable bonds is 3. The van der Waals surface area contributed by atoms with Crippen LogP contribution in [0.4, 0.5) is 0 Å². The van der Waals surface area contributed by atoms with E-state index < -0.39 is 0 Å². The van der Waals surface area contributed by atoms with Crippen molar-refractivity contribution in [3.8, 4) is 0 Å². The van der Waals surface area contributed by atoms with E-state index in [0.717, 1.165) is 28.8 Å². The van der Waals surface area contributed by atoms with Crippen molar-refractivity contribution in [2.75, 3.05) is 0 Å². The molecule has 0 amide bonds. The normalized spacial score (nSPS) is 12.7. The van der Waals surface area contributed by atoms with Crippen LogP contribution in [0.3, 0.4) is 0 Å². The van der Waals surface area contributed by atoms with Gasteiger partial charge in [0.2, 0.25) is 0 Å². The lowest BCUT2D eigenvalue weighted by molar-refractivity contribution is 0.658. The van der Waals surface area contributed by atoms with Crippen LogP contribution >= 0.6 is 0 Å². The van der Waals surface area contributed by atoms with Gasteiger partial charge in [-0.05, 0) is 13.0 Å². The Labute approximate surface area is 111 Å². The maximum Gasteiger partial charge on any atom is 0.130 e. The van der Waals surface area contributed by atoms with E-state index in [4.69, 9.17) is 5.73 Å². The summed E-state index contributed by atoms with van der Waals surface area (Å²) >= 11 is 0. The predicted molar refractivity (Wildman–Crippen MR) is 75.7 cm³/mol. The van der Waals surface area contributed by atoms with Gasteiger partial charge in [-0.15, -0.1) is 0 Å². The smallest absolute Gasteiger partial charge is 0.130 e. The zero-order chi connectivity index (χ0) is 13.2. The van der Waals surface area contributed by atoms with E-state index >= 15 is 0 Å². The summed E-state index contributed by atoms with van der Waals surface area (Å²) < 4.78 is 2.06. The van der Waals surface area contributed by atoms with E-state index in [1.807, 2.05) is 36.5 Å². The van der Waals surface area contributed by atoms with Crippen LogP contribution in [0.15, 0.2) is 48.9 Å². The molecule has 0 saturated carbocycles. The Morgan fingerprint density at radius 1 is 1.16 bits per heavy atom. The summed E-state index contributed by atoms with van der Waals surface area (Å²) in [6, 6.07) is 9.81. The van der Waals surface area contributed by atoms with Crippen LogP contribution in [0.5, 0.6) is 0 Å². The fourth-order valence-corrected chi connectivity index (χ4v) is 2.38. The highest BCUT2D eigenvalue weighted by molar-refractivity contribution is 5.82. The molecule has 2 aromatic heterocycles. The Balaban J connectivity index is 2.14. The number of aromatic nitrogens is 3. The molecule has 0 radical (unpaired) electrons. The molecule has 0 saturated heterocycles. The van der Waals surface area contributed by atoms with Crippen molar-refractivity contribution in [2.45, 2.75) is 19.5 Å². The first-order chi connectivity index (χ1) is 9.31. The second-order valence-electron chi connectivity index (χ2n) is 4.47. The summed E-state index contributed by atoms with van der Waals surface area (Å²) in [7, 11) is 0. The number of benzene rings is 1. The number of hydrogen-bond donors (Lipinski definition) is 1. The molecule has 0 spiro atoms. The minimum absolute atomic E-state index is 0.256. The molecule has 0 aliphatic carbocycles. The average Bonchev–Trinajstić information content (AvgIpc) is 2.94. The highest BCUT2D eigenvalue weighted by atomic mass is 15.1. The maximum atomic E-state index is 6.38. The molecule has 1 atom stereocenters. The number of hydrogen-bond acceptors (Lipinski definition) is 3. The topological polar surface area (TPSA) is 56.7 Å². The molecule has 0 aliphatic rings. The second-order valence-corrected chi connectivity index (χ2v) is 4.47. The molecule has 2 N–H and O–H groups in total. The van der Waals surface area contributed by atoms with Crippen LogP contribution in [0, 0.1) is 0 Å². The van der Waals surface area contributed by atoms with E-state index in [9.17, 15) is 0 Å². The summed E-state index contributed by atoms with van der Waals surface area (Å²) in [4.78, 5) is 8.83. The quantitative estimate of drug-likeness (QED) is 0.779. The highest BCUT2D eigenvalue weighted by Gasteiger charge is 2.16. The van der Waals surface area contributed by atoms with Crippen molar-refractivity contribution in [3.63, 3.8) is 0 Å². The highest BCUT2D eigenvalue weighted by Crippen LogP contribution is 2.24. The van der Waals surface area contributed by atoms with Gasteiger partial charge in [0.05, 0.1) is 11.6 Å². The Hall–Kier alpha value is -2.20. The van der Waals surface area contributed by atoms with Gasteiger partial charge in [0.15, 0.2) is 0 Å². The first-order valence-electron chi connectivity index (χ1n) is 6.41. The molecule has 1 unspecified atom stereocenters. The van der Waals surface area contributed by atoms with Crippen molar-refractivity contribution in [1.82, 2.24) is 14.5 Å². The first-order valence-corrected chi connectivity index (χ1v) is 6.41. The van der Waals surface area contributed by atoms with Crippen LogP contribution in [0.25, 0.3) is 10.9 Å². The number of fused-ring (bicyclic) bond motifs is 1. The number of para-hydroxylation sites is 1.